The van der Waals surface area contributed by atoms with E-state index in [9.17, 15) is 4.79 Å². The summed E-state index contributed by atoms with van der Waals surface area (Å²) in [4.78, 5) is 10.7. The third-order valence-electron chi connectivity index (χ3n) is 2.83. The highest BCUT2D eigenvalue weighted by atomic mass is 16.6. The van der Waals surface area contributed by atoms with Crippen LogP contribution in [-0.4, -0.2) is 13.2 Å². The number of fused-ring (bicyclic) bond motifs is 1. The third kappa shape index (κ3) is 2.53. The van der Waals surface area contributed by atoms with Crippen LogP contribution in [0, 0.1) is 0 Å². The van der Waals surface area contributed by atoms with Crippen LogP contribution in [0.15, 0.2) is 36.4 Å². The maximum Gasteiger partial charge on any atom is 0.405 e. The highest BCUT2D eigenvalue weighted by Crippen LogP contribution is 2.25. The van der Waals surface area contributed by atoms with Crippen LogP contribution in [0.25, 0.3) is 10.8 Å². The first-order chi connectivity index (χ1) is 8.60. The first kappa shape index (κ1) is 12.2. The number of amides is 1. The molecule has 4 heteroatoms. The molecule has 0 aliphatic carbocycles. The van der Waals surface area contributed by atoms with Crippen LogP contribution in [0.1, 0.15) is 18.6 Å². The number of primary amides is 1. The van der Waals surface area contributed by atoms with Crippen LogP contribution >= 0.6 is 0 Å². The molecule has 2 aromatic rings. The van der Waals surface area contributed by atoms with Gasteiger partial charge in [-0.2, -0.15) is 0 Å². The molecule has 0 heterocycles. The Kier molecular flexibility index (Phi) is 3.37. The van der Waals surface area contributed by atoms with Gasteiger partial charge in [-0.25, -0.2) is 4.79 Å². The molecule has 2 N–H and O–H groups in total. The zero-order chi connectivity index (χ0) is 13.1. The van der Waals surface area contributed by atoms with Gasteiger partial charge in [-0.15, -0.1) is 0 Å². The molecule has 1 atom stereocenters. The first-order valence-electron chi connectivity index (χ1n) is 5.64. The molecule has 0 aromatic heterocycles. The SMILES string of the molecule is COc1ccc2cc(C(C)OC(N)=O)ccc2c1. The lowest BCUT2D eigenvalue weighted by molar-refractivity contribution is 0.116. The van der Waals surface area contributed by atoms with Crippen LogP contribution in [0.3, 0.4) is 0 Å². The smallest absolute Gasteiger partial charge is 0.405 e. The van der Waals surface area contributed by atoms with Gasteiger partial charge in [-0.05, 0) is 41.5 Å². The monoisotopic (exact) mass is 245 g/mol. The van der Waals surface area contributed by atoms with Crippen molar-refractivity contribution in [2.24, 2.45) is 5.73 Å². The zero-order valence-electron chi connectivity index (χ0n) is 10.3. The van der Waals surface area contributed by atoms with E-state index in [1.165, 1.54) is 0 Å². The predicted octanol–water partition coefficient (Wildman–Crippen LogP) is 3.00. The Morgan fingerprint density at radius 1 is 1.17 bits per heavy atom. The van der Waals surface area contributed by atoms with Crippen molar-refractivity contribution < 1.29 is 14.3 Å². The van der Waals surface area contributed by atoms with Crippen LogP contribution in [0.5, 0.6) is 5.75 Å². The molecule has 1 amide bonds. The summed E-state index contributed by atoms with van der Waals surface area (Å²) in [6, 6.07) is 11.7. The number of methoxy groups -OCH3 is 1. The highest BCUT2D eigenvalue weighted by molar-refractivity contribution is 5.84. The van der Waals surface area contributed by atoms with E-state index in [0.29, 0.717) is 0 Å². The van der Waals surface area contributed by atoms with Crippen molar-refractivity contribution in [3.8, 4) is 5.75 Å². The predicted molar refractivity (Wildman–Crippen MR) is 69.6 cm³/mol. The molecule has 18 heavy (non-hydrogen) atoms. The molecule has 0 bridgehead atoms. The normalized spacial score (nSPS) is 12.1. The summed E-state index contributed by atoms with van der Waals surface area (Å²) in [7, 11) is 1.64. The number of hydrogen-bond acceptors (Lipinski definition) is 3. The molecule has 0 aliphatic rings. The van der Waals surface area contributed by atoms with Gasteiger partial charge in [0.1, 0.15) is 11.9 Å². The van der Waals surface area contributed by atoms with E-state index in [2.05, 4.69) is 0 Å². The largest absolute Gasteiger partial charge is 0.497 e. The number of carbonyl (C=O) groups excluding carboxylic acids is 1. The van der Waals surface area contributed by atoms with Gasteiger partial charge < -0.3 is 15.2 Å². The molecule has 94 valence electrons. The minimum atomic E-state index is -0.766. The van der Waals surface area contributed by atoms with Crippen LogP contribution in [-0.2, 0) is 4.74 Å². The zero-order valence-corrected chi connectivity index (χ0v) is 10.3. The fourth-order valence-electron chi connectivity index (χ4n) is 1.86. The van der Waals surface area contributed by atoms with E-state index in [-0.39, 0.29) is 6.10 Å². The minimum Gasteiger partial charge on any atom is -0.497 e. The van der Waals surface area contributed by atoms with E-state index in [1.807, 2.05) is 36.4 Å². The van der Waals surface area contributed by atoms with Crippen LogP contribution < -0.4 is 10.5 Å². The lowest BCUT2D eigenvalue weighted by Crippen LogP contribution is -2.15. The maximum atomic E-state index is 10.7. The molecule has 2 rings (SSSR count). The highest BCUT2D eigenvalue weighted by Gasteiger charge is 2.09. The minimum absolute atomic E-state index is 0.353. The number of hydrogen-bond donors (Lipinski definition) is 1. The van der Waals surface area contributed by atoms with Gasteiger partial charge in [0.2, 0.25) is 0 Å². The Labute approximate surface area is 105 Å². The van der Waals surface area contributed by atoms with Crippen molar-refractivity contribution in [2.45, 2.75) is 13.0 Å². The van der Waals surface area contributed by atoms with Crippen LogP contribution in [0.2, 0.25) is 0 Å². The summed E-state index contributed by atoms with van der Waals surface area (Å²) in [5.74, 6) is 0.816. The van der Waals surface area contributed by atoms with Gasteiger partial charge in [0.25, 0.3) is 0 Å². The number of rotatable bonds is 3. The van der Waals surface area contributed by atoms with Crippen LogP contribution in [0.4, 0.5) is 4.79 Å². The van der Waals surface area contributed by atoms with E-state index >= 15 is 0 Å². The molecule has 0 saturated heterocycles. The number of ether oxygens (including phenoxy) is 2. The van der Waals surface area contributed by atoms with Gasteiger partial charge in [0.15, 0.2) is 0 Å². The molecule has 4 nitrogen and oxygen atoms in total. The van der Waals surface area contributed by atoms with E-state index in [4.69, 9.17) is 15.2 Å². The Bertz CT molecular complexity index is 580. The Morgan fingerprint density at radius 2 is 1.83 bits per heavy atom. The summed E-state index contributed by atoms with van der Waals surface area (Å²) in [6.45, 7) is 1.79. The van der Waals surface area contributed by atoms with E-state index < -0.39 is 6.09 Å². The van der Waals surface area contributed by atoms with Gasteiger partial charge in [0.05, 0.1) is 7.11 Å². The molecule has 0 aliphatic heterocycles. The number of carbonyl (C=O) groups is 1. The average Bonchev–Trinajstić information content (AvgIpc) is 2.36. The second-order valence-electron chi connectivity index (χ2n) is 4.05. The topological polar surface area (TPSA) is 61.6 Å². The summed E-state index contributed by atoms with van der Waals surface area (Å²) >= 11 is 0. The second-order valence-corrected chi connectivity index (χ2v) is 4.05. The van der Waals surface area contributed by atoms with E-state index in [0.717, 1.165) is 22.1 Å². The molecular formula is C14H15NO3. The molecular weight excluding hydrogens is 230 g/mol. The average molecular weight is 245 g/mol. The van der Waals surface area contributed by atoms with E-state index in [1.54, 1.807) is 14.0 Å². The molecule has 0 spiro atoms. The summed E-state index contributed by atoms with van der Waals surface area (Å²) in [5, 5.41) is 2.14. The summed E-state index contributed by atoms with van der Waals surface area (Å²) < 4.78 is 10.1. The first-order valence-corrected chi connectivity index (χ1v) is 5.64. The number of benzene rings is 2. The third-order valence-corrected chi connectivity index (χ3v) is 2.83. The number of nitrogens with two attached hydrogens (primary N) is 1. The standard InChI is InChI=1S/C14H15NO3/c1-9(18-14(15)16)10-3-4-12-8-13(17-2)6-5-11(12)7-10/h3-9H,1-2H3,(H2,15,16). The van der Waals surface area contributed by atoms with Gasteiger partial charge in [-0.3, -0.25) is 0 Å². The molecule has 0 fully saturated rings. The lowest BCUT2D eigenvalue weighted by atomic mass is 10.0. The maximum absolute atomic E-state index is 10.7. The van der Waals surface area contributed by atoms with Crippen molar-refractivity contribution >= 4 is 16.9 Å². The Hall–Kier alpha value is -2.23. The Morgan fingerprint density at radius 3 is 2.50 bits per heavy atom. The fraction of sp³-hybridized carbons (Fsp3) is 0.214. The summed E-state index contributed by atoms with van der Waals surface area (Å²) in [5.41, 5.74) is 5.91. The fourth-order valence-corrected chi connectivity index (χ4v) is 1.86. The van der Waals surface area contributed by atoms with Crippen molar-refractivity contribution in [3.63, 3.8) is 0 Å². The lowest BCUT2D eigenvalue weighted by Gasteiger charge is -2.12. The van der Waals surface area contributed by atoms with Gasteiger partial charge >= 0.3 is 6.09 Å². The van der Waals surface area contributed by atoms with Gasteiger partial charge in [-0.1, -0.05) is 18.2 Å². The molecule has 0 saturated carbocycles. The quantitative estimate of drug-likeness (QED) is 0.904. The van der Waals surface area contributed by atoms with Crippen molar-refractivity contribution in [2.75, 3.05) is 7.11 Å². The molecule has 0 radical (unpaired) electrons. The second kappa shape index (κ2) is 4.96. The molecule has 1 unspecified atom stereocenters. The summed E-state index contributed by atoms with van der Waals surface area (Å²) in [6.07, 6.45) is -1.12. The van der Waals surface area contributed by atoms with Crippen molar-refractivity contribution in [3.05, 3.63) is 42.0 Å². The molecule has 2 aromatic carbocycles. The van der Waals surface area contributed by atoms with Gasteiger partial charge in [0, 0.05) is 0 Å². The Balaban J connectivity index is 2.35. The van der Waals surface area contributed by atoms with Crippen molar-refractivity contribution in [1.29, 1.82) is 0 Å². The van der Waals surface area contributed by atoms with Crippen molar-refractivity contribution in [1.82, 2.24) is 0 Å².